The van der Waals surface area contributed by atoms with Crippen LogP contribution in [0, 0.1) is 28.0 Å². The number of fused-ring (bicyclic) bond motifs is 1. The highest BCUT2D eigenvalue weighted by molar-refractivity contribution is 14.1. The van der Waals surface area contributed by atoms with Crippen molar-refractivity contribution in [2.45, 2.75) is 20.4 Å². The second-order valence-electron chi connectivity index (χ2n) is 5.07. The fourth-order valence-electron chi connectivity index (χ4n) is 2.51. The number of hydrogen-bond acceptors (Lipinski definition) is 2. The normalized spacial score (nSPS) is 11.5. The Kier molecular flexibility index (Phi) is 3.64. The minimum atomic E-state index is -0.231. The summed E-state index contributed by atoms with van der Waals surface area (Å²) in [7, 11) is 1.92. The van der Waals surface area contributed by atoms with Crippen LogP contribution in [0.15, 0.2) is 12.1 Å². The van der Waals surface area contributed by atoms with Crippen LogP contribution in [0.3, 0.4) is 0 Å². The maximum absolute atomic E-state index is 13.9. The summed E-state index contributed by atoms with van der Waals surface area (Å²) in [6.07, 6.45) is 0. The Morgan fingerprint density at radius 2 is 2.10 bits per heavy atom. The van der Waals surface area contributed by atoms with Crippen molar-refractivity contribution >= 4 is 45.8 Å². The van der Waals surface area contributed by atoms with Gasteiger partial charge in [-0.2, -0.15) is 5.10 Å². The van der Waals surface area contributed by atoms with Crippen LogP contribution in [-0.4, -0.2) is 19.3 Å². The highest BCUT2D eigenvalue weighted by atomic mass is 127. The number of nitrogens with zero attached hydrogens (tertiary/aromatic N) is 3. The Labute approximate surface area is 140 Å². The lowest BCUT2D eigenvalue weighted by Gasteiger charge is -2.06. The van der Waals surface area contributed by atoms with Gasteiger partial charge in [-0.3, -0.25) is 4.68 Å². The molecule has 0 aliphatic carbocycles. The average molecular weight is 416 g/mol. The molecular formula is C14H14FIN4S. The monoisotopic (exact) mass is 416 g/mol. The Morgan fingerprint density at radius 3 is 2.71 bits per heavy atom. The average Bonchev–Trinajstić information content (AvgIpc) is 2.83. The van der Waals surface area contributed by atoms with Crippen LogP contribution in [0.4, 0.5) is 4.39 Å². The topological polar surface area (TPSA) is 38.5 Å². The van der Waals surface area contributed by atoms with Crippen LogP contribution in [0.25, 0.3) is 11.0 Å². The van der Waals surface area contributed by atoms with E-state index in [0.717, 1.165) is 28.0 Å². The number of aromatic nitrogens is 4. The van der Waals surface area contributed by atoms with Crippen molar-refractivity contribution in [1.29, 1.82) is 0 Å². The minimum absolute atomic E-state index is 0.231. The molecule has 3 aromatic rings. The molecule has 0 amide bonds. The standard InChI is InChI=1S/C14H14FIN4S/c1-7-9(8(2)19(3)18-7)6-20-13-4-10(15)11(16)5-12(13)17-14(20)21/h4-5H,6H2,1-3H3,(H,17,21). The number of rotatable bonds is 2. The third kappa shape index (κ3) is 2.42. The quantitative estimate of drug-likeness (QED) is 0.510. The van der Waals surface area contributed by atoms with Crippen molar-refractivity contribution < 1.29 is 4.39 Å². The number of nitrogens with one attached hydrogen (secondary N) is 1. The van der Waals surface area contributed by atoms with E-state index < -0.39 is 0 Å². The summed E-state index contributed by atoms with van der Waals surface area (Å²) >= 11 is 7.37. The van der Waals surface area contributed by atoms with E-state index in [1.54, 1.807) is 6.07 Å². The van der Waals surface area contributed by atoms with E-state index in [4.69, 9.17) is 12.2 Å². The molecule has 0 saturated heterocycles. The molecule has 0 atom stereocenters. The highest BCUT2D eigenvalue weighted by Crippen LogP contribution is 2.23. The summed E-state index contributed by atoms with van der Waals surface area (Å²) in [4.78, 5) is 3.14. The van der Waals surface area contributed by atoms with E-state index in [0.29, 0.717) is 14.9 Å². The zero-order valence-electron chi connectivity index (χ0n) is 11.9. The maximum Gasteiger partial charge on any atom is 0.178 e. The van der Waals surface area contributed by atoms with Gasteiger partial charge in [0.1, 0.15) is 5.82 Å². The first-order valence-electron chi connectivity index (χ1n) is 6.45. The van der Waals surface area contributed by atoms with Crippen LogP contribution >= 0.6 is 34.8 Å². The zero-order chi connectivity index (χ0) is 15.3. The fourth-order valence-corrected chi connectivity index (χ4v) is 3.25. The summed E-state index contributed by atoms with van der Waals surface area (Å²) in [6, 6.07) is 3.31. The van der Waals surface area contributed by atoms with Gasteiger partial charge in [0.2, 0.25) is 0 Å². The third-order valence-corrected chi connectivity index (χ3v) is 4.94. The second-order valence-corrected chi connectivity index (χ2v) is 6.62. The molecular weight excluding hydrogens is 402 g/mol. The minimum Gasteiger partial charge on any atom is -0.331 e. The first-order valence-corrected chi connectivity index (χ1v) is 7.94. The van der Waals surface area contributed by atoms with Crippen molar-refractivity contribution in [2.75, 3.05) is 0 Å². The number of halogens is 2. The Bertz CT molecular complexity index is 906. The lowest BCUT2D eigenvalue weighted by molar-refractivity contribution is 0.621. The van der Waals surface area contributed by atoms with Gasteiger partial charge in [-0.15, -0.1) is 0 Å². The Balaban J connectivity index is 2.19. The van der Waals surface area contributed by atoms with E-state index in [1.807, 2.05) is 52.7 Å². The van der Waals surface area contributed by atoms with Gasteiger partial charge in [-0.1, -0.05) is 0 Å². The third-order valence-electron chi connectivity index (χ3n) is 3.79. The van der Waals surface area contributed by atoms with Gasteiger partial charge in [0.25, 0.3) is 0 Å². The van der Waals surface area contributed by atoms with Gasteiger partial charge in [-0.25, -0.2) is 4.39 Å². The lowest BCUT2D eigenvalue weighted by Crippen LogP contribution is -2.03. The van der Waals surface area contributed by atoms with Crippen LogP contribution in [-0.2, 0) is 13.6 Å². The molecule has 0 bridgehead atoms. The van der Waals surface area contributed by atoms with Crippen LogP contribution < -0.4 is 0 Å². The first-order chi connectivity index (χ1) is 9.88. The molecule has 4 nitrogen and oxygen atoms in total. The Morgan fingerprint density at radius 1 is 1.38 bits per heavy atom. The predicted molar refractivity (Wildman–Crippen MR) is 91.6 cm³/mol. The van der Waals surface area contributed by atoms with Crippen molar-refractivity contribution in [3.8, 4) is 0 Å². The summed E-state index contributed by atoms with van der Waals surface area (Å²) in [5.74, 6) is -0.231. The number of hydrogen-bond donors (Lipinski definition) is 1. The molecule has 0 unspecified atom stereocenters. The van der Waals surface area contributed by atoms with E-state index in [-0.39, 0.29) is 5.82 Å². The SMILES string of the molecule is Cc1nn(C)c(C)c1Cn1c(=S)[nH]c2cc(I)c(F)cc21. The molecule has 21 heavy (non-hydrogen) atoms. The van der Waals surface area contributed by atoms with E-state index in [1.165, 1.54) is 6.07 Å². The van der Waals surface area contributed by atoms with Crippen LogP contribution in [0.2, 0.25) is 0 Å². The molecule has 7 heteroatoms. The molecule has 0 radical (unpaired) electrons. The largest absolute Gasteiger partial charge is 0.331 e. The van der Waals surface area contributed by atoms with Gasteiger partial charge in [-0.05, 0) is 54.7 Å². The van der Waals surface area contributed by atoms with Crippen molar-refractivity contribution in [2.24, 2.45) is 7.05 Å². The number of imidazole rings is 1. The molecule has 0 saturated carbocycles. The molecule has 0 aliphatic heterocycles. The van der Waals surface area contributed by atoms with E-state index >= 15 is 0 Å². The molecule has 0 fully saturated rings. The van der Waals surface area contributed by atoms with E-state index in [9.17, 15) is 4.39 Å². The number of benzene rings is 1. The summed E-state index contributed by atoms with van der Waals surface area (Å²) in [5, 5.41) is 4.42. The molecule has 0 aliphatic rings. The molecule has 2 heterocycles. The first kappa shape index (κ1) is 14.7. The molecule has 0 spiro atoms. The van der Waals surface area contributed by atoms with Crippen molar-refractivity contribution in [3.05, 3.63) is 43.2 Å². The summed E-state index contributed by atoms with van der Waals surface area (Å²) in [5.41, 5.74) is 4.81. The van der Waals surface area contributed by atoms with Gasteiger partial charge in [0.05, 0.1) is 26.8 Å². The van der Waals surface area contributed by atoms with Gasteiger partial charge >= 0.3 is 0 Å². The van der Waals surface area contributed by atoms with Crippen molar-refractivity contribution in [1.82, 2.24) is 19.3 Å². The fraction of sp³-hybridized carbons (Fsp3) is 0.286. The smallest absolute Gasteiger partial charge is 0.178 e. The summed E-state index contributed by atoms with van der Waals surface area (Å²) in [6.45, 7) is 4.59. The van der Waals surface area contributed by atoms with E-state index in [2.05, 4.69) is 10.1 Å². The lowest BCUT2D eigenvalue weighted by atomic mass is 10.2. The number of aromatic amines is 1. The van der Waals surface area contributed by atoms with Gasteiger partial charge in [0.15, 0.2) is 4.77 Å². The number of H-pyrrole nitrogens is 1. The summed E-state index contributed by atoms with van der Waals surface area (Å²) < 4.78 is 18.8. The maximum atomic E-state index is 13.9. The molecule has 110 valence electrons. The number of aryl methyl sites for hydroxylation is 2. The van der Waals surface area contributed by atoms with Crippen LogP contribution in [0.1, 0.15) is 17.0 Å². The molecule has 1 N–H and O–H groups in total. The van der Waals surface area contributed by atoms with Gasteiger partial charge < -0.3 is 9.55 Å². The molecule has 1 aromatic carbocycles. The van der Waals surface area contributed by atoms with Crippen LogP contribution in [0.5, 0.6) is 0 Å². The second kappa shape index (κ2) is 5.20. The molecule has 3 rings (SSSR count). The highest BCUT2D eigenvalue weighted by Gasteiger charge is 2.14. The predicted octanol–water partition coefficient (Wildman–Crippen LogP) is 3.84. The molecule has 2 aromatic heterocycles. The Hall–Kier alpha value is -1.22. The van der Waals surface area contributed by atoms with Crippen molar-refractivity contribution in [3.63, 3.8) is 0 Å². The van der Waals surface area contributed by atoms with Gasteiger partial charge in [0, 0.05) is 24.4 Å². The zero-order valence-corrected chi connectivity index (χ0v) is 14.8.